The van der Waals surface area contributed by atoms with Crippen LogP contribution in [-0.2, 0) is 14.3 Å². The van der Waals surface area contributed by atoms with Crippen molar-refractivity contribution in [3.05, 3.63) is 0 Å². The standard InChI is InChI=1S/C14H26N2O3/c1-18-12-4-2-5-13(10-12)19-14(17)11-16-8-3-6-15-7-9-16/h12-13,15H,2-11H2,1H3. The number of nitrogens with zero attached hydrogens (tertiary/aromatic N) is 1. The molecule has 2 atom stereocenters. The Kier molecular flexibility index (Phi) is 6.07. The van der Waals surface area contributed by atoms with Gasteiger partial charge in [0, 0.05) is 26.6 Å². The lowest BCUT2D eigenvalue weighted by atomic mass is 9.95. The zero-order valence-electron chi connectivity index (χ0n) is 11.9. The normalized spacial score (nSPS) is 29.7. The van der Waals surface area contributed by atoms with Crippen LogP contribution in [0.15, 0.2) is 0 Å². The summed E-state index contributed by atoms with van der Waals surface area (Å²) in [6, 6.07) is 0. The Bertz CT molecular complexity index is 278. The van der Waals surface area contributed by atoms with Gasteiger partial charge in [-0.15, -0.1) is 0 Å². The highest BCUT2D eigenvalue weighted by molar-refractivity contribution is 5.71. The van der Waals surface area contributed by atoms with Crippen LogP contribution in [0.25, 0.3) is 0 Å². The average Bonchev–Trinajstić information content (AvgIpc) is 2.67. The van der Waals surface area contributed by atoms with Crippen molar-refractivity contribution >= 4 is 5.97 Å². The summed E-state index contributed by atoms with van der Waals surface area (Å²) >= 11 is 0. The van der Waals surface area contributed by atoms with Crippen LogP contribution in [0.4, 0.5) is 0 Å². The summed E-state index contributed by atoms with van der Waals surface area (Å²) in [6.07, 6.45) is 5.41. The van der Waals surface area contributed by atoms with Crippen molar-refractivity contribution in [3.63, 3.8) is 0 Å². The molecule has 0 bridgehead atoms. The van der Waals surface area contributed by atoms with Crippen LogP contribution in [0.2, 0.25) is 0 Å². The van der Waals surface area contributed by atoms with Crippen LogP contribution in [0, 0.1) is 0 Å². The number of hydrogen-bond acceptors (Lipinski definition) is 5. The van der Waals surface area contributed by atoms with E-state index in [1.54, 1.807) is 7.11 Å². The quantitative estimate of drug-likeness (QED) is 0.765. The Balaban J connectivity index is 1.70. The van der Waals surface area contributed by atoms with E-state index in [0.717, 1.165) is 58.3 Å². The molecule has 2 aliphatic rings. The van der Waals surface area contributed by atoms with Crippen LogP contribution in [0.1, 0.15) is 32.1 Å². The lowest BCUT2D eigenvalue weighted by Crippen LogP contribution is -2.37. The average molecular weight is 270 g/mol. The first-order valence-electron chi connectivity index (χ1n) is 7.43. The van der Waals surface area contributed by atoms with Crippen molar-refractivity contribution in [2.24, 2.45) is 0 Å². The Morgan fingerprint density at radius 1 is 1.21 bits per heavy atom. The summed E-state index contributed by atoms with van der Waals surface area (Å²) < 4.78 is 10.9. The zero-order valence-corrected chi connectivity index (χ0v) is 11.9. The van der Waals surface area contributed by atoms with E-state index in [9.17, 15) is 4.79 Å². The van der Waals surface area contributed by atoms with Gasteiger partial charge in [0.2, 0.25) is 0 Å². The molecule has 19 heavy (non-hydrogen) atoms. The monoisotopic (exact) mass is 270 g/mol. The molecule has 0 aromatic carbocycles. The third-order valence-electron chi connectivity index (χ3n) is 3.99. The topological polar surface area (TPSA) is 50.8 Å². The predicted octanol–water partition coefficient (Wildman–Crippen LogP) is 0.783. The van der Waals surface area contributed by atoms with Gasteiger partial charge in [0.1, 0.15) is 6.10 Å². The van der Waals surface area contributed by atoms with Gasteiger partial charge in [0.15, 0.2) is 0 Å². The van der Waals surface area contributed by atoms with Crippen molar-refractivity contribution in [1.82, 2.24) is 10.2 Å². The van der Waals surface area contributed by atoms with Crippen LogP contribution < -0.4 is 5.32 Å². The van der Waals surface area contributed by atoms with Crippen LogP contribution in [-0.4, -0.2) is 62.9 Å². The third kappa shape index (κ3) is 5.09. The first kappa shape index (κ1) is 14.8. The minimum atomic E-state index is -0.0800. The number of hydrogen-bond donors (Lipinski definition) is 1. The van der Waals surface area contributed by atoms with Crippen LogP contribution in [0.3, 0.4) is 0 Å². The largest absolute Gasteiger partial charge is 0.461 e. The van der Waals surface area contributed by atoms with Crippen molar-refractivity contribution in [2.45, 2.75) is 44.3 Å². The minimum absolute atomic E-state index is 0.0521. The van der Waals surface area contributed by atoms with Crippen molar-refractivity contribution < 1.29 is 14.3 Å². The van der Waals surface area contributed by atoms with E-state index in [0.29, 0.717) is 6.54 Å². The molecular formula is C14H26N2O3. The van der Waals surface area contributed by atoms with E-state index in [1.165, 1.54) is 0 Å². The first-order chi connectivity index (χ1) is 9.28. The Labute approximate surface area is 115 Å². The highest BCUT2D eigenvalue weighted by atomic mass is 16.5. The number of esters is 1. The Morgan fingerprint density at radius 3 is 2.89 bits per heavy atom. The minimum Gasteiger partial charge on any atom is -0.461 e. The molecule has 1 aliphatic carbocycles. The second-order valence-corrected chi connectivity index (χ2v) is 5.52. The number of methoxy groups -OCH3 is 1. The molecule has 5 nitrogen and oxygen atoms in total. The number of carbonyl (C=O) groups excluding carboxylic acids is 1. The third-order valence-corrected chi connectivity index (χ3v) is 3.99. The fourth-order valence-corrected chi connectivity index (χ4v) is 2.89. The molecule has 5 heteroatoms. The van der Waals surface area contributed by atoms with E-state index in [2.05, 4.69) is 10.2 Å². The summed E-state index contributed by atoms with van der Waals surface area (Å²) in [4.78, 5) is 14.1. The smallest absolute Gasteiger partial charge is 0.320 e. The van der Waals surface area contributed by atoms with Gasteiger partial charge in [-0.1, -0.05) is 0 Å². The lowest BCUT2D eigenvalue weighted by Gasteiger charge is -2.28. The van der Waals surface area contributed by atoms with Gasteiger partial charge in [-0.05, 0) is 38.8 Å². The first-order valence-corrected chi connectivity index (χ1v) is 7.43. The summed E-state index contributed by atoms with van der Waals surface area (Å²) in [5.74, 6) is -0.0800. The molecule has 2 fully saturated rings. The Hall–Kier alpha value is -0.650. The van der Waals surface area contributed by atoms with E-state index in [1.807, 2.05) is 0 Å². The zero-order chi connectivity index (χ0) is 13.5. The molecule has 1 N–H and O–H groups in total. The molecule has 0 aromatic rings. The van der Waals surface area contributed by atoms with Gasteiger partial charge in [-0.25, -0.2) is 0 Å². The number of carbonyl (C=O) groups is 1. The number of ether oxygens (including phenoxy) is 2. The fourth-order valence-electron chi connectivity index (χ4n) is 2.89. The molecule has 1 saturated carbocycles. The molecule has 0 radical (unpaired) electrons. The molecule has 0 aromatic heterocycles. The number of nitrogens with one attached hydrogen (secondary N) is 1. The molecule has 0 amide bonds. The maximum absolute atomic E-state index is 12.0. The highest BCUT2D eigenvalue weighted by Crippen LogP contribution is 2.23. The molecule has 0 spiro atoms. The Morgan fingerprint density at radius 2 is 2.05 bits per heavy atom. The van der Waals surface area contributed by atoms with E-state index < -0.39 is 0 Å². The molecule has 2 rings (SSSR count). The molecule has 2 unspecified atom stereocenters. The maximum Gasteiger partial charge on any atom is 0.320 e. The maximum atomic E-state index is 12.0. The van der Waals surface area contributed by atoms with E-state index in [-0.39, 0.29) is 18.2 Å². The SMILES string of the molecule is COC1CCCC(OC(=O)CN2CCCNCC2)C1. The summed E-state index contributed by atoms with van der Waals surface area (Å²) in [5.41, 5.74) is 0. The van der Waals surface area contributed by atoms with Gasteiger partial charge < -0.3 is 14.8 Å². The summed E-state index contributed by atoms with van der Waals surface area (Å²) in [7, 11) is 1.74. The molecule has 1 aliphatic heterocycles. The molecule has 1 heterocycles. The van der Waals surface area contributed by atoms with Crippen molar-refractivity contribution in [2.75, 3.05) is 39.8 Å². The van der Waals surface area contributed by atoms with Gasteiger partial charge in [-0.2, -0.15) is 0 Å². The van der Waals surface area contributed by atoms with Gasteiger partial charge >= 0.3 is 5.97 Å². The summed E-state index contributed by atoms with van der Waals surface area (Å²) in [6.45, 7) is 4.34. The van der Waals surface area contributed by atoms with Crippen LogP contribution >= 0.6 is 0 Å². The fraction of sp³-hybridized carbons (Fsp3) is 0.929. The lowest BCUT2D eigenvalue weighted by molar-refractivity contribution is -0.153. The second kappa shape index (κ2) is 7.82. The molecule has 1 saturated heterocycles. The molecule has 110 valence electrons. The predicted molar refractivity (Wildman–Crippen MR) is 73.1 cm³/mol. The van der Waals surface area contributed by atoms with Gasteiger partial charge in [0.25, 0.3) is 0 Å². The van der Waals surface area contributed by atoms with Crippen molar-refractivity contribution in [1.29, 1.82) is 0 Å². The van der Waals surface area contributed by atoms with Gasteiger partial charge in [-0.3, -0.25) is 9.69 Å². The second-order valence-electron chi connectivity index (χ2n) is 5.52. The van der Waals surface area contributed by atoms with Crippen molar-refractivity contribution in [3.8, 4) is 0 Å². The highest BCUT2D eigenvalue weighted by Gasteiger charge is 2.25. The van der Waals surface area contributed by atoms with Crippen LogP contribution in [0.5, 0.6) is 0 Å². The summed E-state index contributed by atoms with van der Waals surface area (Å²) in [5, 5.41) is 3.33. The van der Waals surface area contributed by atoms with E-state index in [4.69, 9.17) is 9.47 Å². The number of rotatable bonds is 4. The molecular weight excluding hydrogens is 244 g/mol. The van der Waals surface area contributed by atoms with Gasteiger partial charge in [0.05, 0.1) is 12.6 Å². The van der Waals surface area contributed by atoms with E-state index >= 15 is 0 Å².